The third-order valence-electron chi connectivity index (χ3n) is 1.75. The molecule has 14 heavy (non-hydrogen) atoms. The Morgan fingerprint density at radius 1 is 1.57 bits per heavy atom. The molecule has 1 amide bonds. The number of rotatable bonds is 2. The summed E-state index contributed by atoms with van der Waals surface area (Å²) in [6.07, 6.45) is 0. The lowest BCUT2D eigenvalue weighted by Gasteiger charge is -2.14. The van der Waals surface area contributed by atoms with E-state index in [2.05, 4.69) is 4.84 Å². The maximum absolute atomic E-state index is 12.8. The van der Waals surface area contributed by atoms with Gasteiger partial charge < -0.3 is 5.11 Å². The SMILES string of the molecule is CON(C)C(=O)c1cc(F)ccc1O. The van der Waals surface area contributed by atoms with Crippen LogP contribution in [0.5, 0.6) is 5.75 Å². The molecule has 1 aromatic carbocycles. The van der Waals surface area contributed by atoms with Gasteiger partial charge in [-0.25, -0.2) is 9.45 Å². The average molecular weight is 199 g/mol. The smallest absolute Gasteiger partial charge is 0.281 e. The van der Waals surface area contributed by atoms with Crippen LogP contribution in [0.3, 0.4) is 0 Å². The third kappa shape index (κ3) is 2.00. The Bertz CT molecular complexity index is 354. The molecule has 1 N–H and O–H groups in total. The highest BCUT2D eigenvalue weighted by molar-refractivity contribution is 5.95. The normalized spacial score (nSPS) is 9.93. The summed E-state index contributed by atoms with van der Waals surface area (Å²) in [6, 6.07) is 3.14. The molecule has 0 heterocycles. The van der Waals surface area contributed by atoms with E-state index < -0.39 is 11.7 Å². The molecule has 0 bridgehead atoms. The largest absolute Gasteiger partial charge is 0.507 e. The van der Waals surface area contributed by atoms with Crippen molar-refractivity contribution in [3.8, 4) is 5.75 Å². The summed E-state index contributed by atoms with van der Waals surface area (Å²) in [7, 11) is 2.67. The van der Waals surface area contributed by atoms with Crippen LogP contribution >= 0.6 is 0 Å². The molecule has 0 spiro atoms. The van der Waals surface area contributed by atoms with E-state index in [1.54, 1.807) is 0 Å². The van der Waals surface area contributed by atoms with E-state index in [4.69, 9.17) is 0 Å². The van der Waals surface area contributed by atoms with Crippen LogP contribution in [0.4, 0.5) is 4.39 Å². The molecule has 0 fully saturated rings. The number of hydroxylamine groups is 2. The highest BCUT2D eigenvalue weighted by Crippen LogP contribution is 2.19. The van der Waals surface area contributed by atoms with Gasteiger partial charge in [0.25, 0.3) is 5.91 Å². The number of carbonyl (C=O) groups is 1. The zero-order valence-corrected chi connectivity index (χ0v) is 7.82. The quantitative estimate of drug-likeness (QED) is 0.727. The van der Waals surface area contributed by atoms with Gasteiger partial charge in [-0.15, -0.1) is 0 Å². The van der Waals surface area contributed by atoms with Crippen LogP contribution in [0.2, 0.25) is 0 Å². The Morgan fingerprint density at radius 2 is 2.21 bits per heavy atom. The van der Waals surface area contributed by atoms with Gasteiger partial charge in [0.15, 0.2) is 0 Å². The van der Waals surface area contributed by atoms with Crippen molar-refractivity contribution < 1.29 is 19.1 Å². The lowest BCUT2D eigenvalue weighted by molar-refractivity contribution is -0.0758. The maximum atomic E-state index is 12.8. The average Bonchev–Trinajstić information content (AvgIpc) is 2.19. The minimum absolute atomic E-state index is 0.130. The molecule has 0 unspecified atom stereocenters. The number of phenolic OH excluding ortho intramolecular Hbond substituents is 1. The van der Waals surface area contributed by atoms with E-state index >= 15 is 0 Å². The van der Waals surface area contributed by atoms with Crippen LogP contribution < -0.4 is 0 Å². The highest BCUT2D eigenvalue weighted by atomic mass is 19.1. The van der Waals surface area contributed by atoms with Gasteiger partial charge in [-0.3, -0.25) is 9.63 Å². The lowest BCUT2D eigenvalue weighted by Crippen LogP contribution is -2.25. The van der Waals surface area contributed by atoms with Crippen LogP contribution in [0.1, 0.15) is 10.4 Å². The predicted molar refractivity (Wildman–Crippen MR) is 47.2 cm³/mol. The molecule has 4 nitrogen and oxygen atoms in total. The van der Waals surface area contributed by atoms with Crippen LogP contribution in [0.15, 0.2) is 18.2 Å². The Labute approximate surface area is 80.5 Å². The summed E-state index contributed by atoms with van der Waals surface area (Å²) in [5, 5.41) is 10.2. The number of carbonyl (C=O) groups excluding carboxylic acids is 1. The number of benzene rings is 1. The van der Waals surface area contributed by atoms with Crippen molar-refractivity contribution in [1.82, 2.24) is 5.06 Å². The fourth-order valence-corrected chi connectivity index (χ4v) is 0.932. The van der Waals surface area contributed by atoms with Crippen molar-refractivity contribution in [3.63, 3.8) is 0 Å². The lowest BCUT2D eigenvalue weighted by atomic mass is 10.2. The van der Waals surface area contributed by atoms with Gasteiger partial charge in [-0.2, -0.15) is 0 Å². The summed E-state index contributed by atoms with van der Waals surface area (Å²) >= 11 is 0. The van der Waals surface area contributed by atoms with Gasteiger partial charge in [0.1, 0.15) is 11.6 Å². The van der Waals surface area contributed by atoms with Gasteiger partial charge in [0, 0.05) is 7.05 Å². The second kappa shape index (κ2) is 4.06. The molecule has 0 atom stereocenters. The molecule has 0 aromatic heterocycles. The number of aromatic hydroxyl groups is 1. The Kier molecular flexibility index (Phi) is 3.03. The second-order valence-corrected chi connectivity index (χ2v) is 2.65. The van der Waals surface area contributed by atoms with Crippen molar-refractivity contribution in [3.05, 3.63) is 29.6 Å². The highest BCUT2D eigenvalue weighted by Gasteiger charge is 2.16. The van der Waals surface area contributed by atoms with Gasteiger partial charge in [-0.05, 0) is 18.2 Å². The minimum atomic E-state index is -0.607. The molecule has 0 aliphatic carbocycles. The first-order valence-corrected chi connectivity index (χ1v) is 3.87. The van der Waals surface area contributed by atoms with Crippen molar-refractivity contribution in [2.24, 2.45) is 0 Å². The van der Waals surface area contributed by atoms with Gasteiger partial charge >= 0.3 is 0 Å². The monoisotopic (exact) mass is 199 g/mol. The molecule has 1 aromatic rings. The summed E-state index contributed by atoms with van der Waals surface area (Å²) < 4.78 is 12.8. The number of phenols is 1. The molecule has 0 aliphatic rings. The number of halogens is 1. The molecule has 0 radical (unpaired) electrons. The first-order chi connectivity index (χ1) is 6.56. The summed E-state index contributed by atoms with van der Waals surface area (Å²) in [5.41, 5.74) is -0.130. The predicted octanol–water partition coefficient (Wildman–Crippen LogP) is 1.16. The number of hydrogen-bond donors (Lipinski definition) is 1. The van der Waals surface area contributed by atoms with E-state index in [1.165, 1.54) is 14.2 Å². The topological polar surface area (TPSA) is 49.8 Å². The third-order valence-corrected chi connectivity index (χ3v) is 1.75. The Morgan fingerprint density at radius 3 is 2.79 bits per heavy atom. The van der Waals surface area contributed by atoms with Crippen LogP contribution in [-0.2, 0) is 4.84 Å². The molecule has 1 rings (SSSR count). The zero-order valence-electron chi connectivity index (χ0n) is 7.82. The minimum Gasteiger partial charge on any atom is -0.507 e. The maximum Gasteiger partial charge on any atom is 0.281 e. The standard InChI is InChI=1S/C9H10FNO3/c1-11(14-2)9(13)7-5-6(10)3-4-8(7)12/h3-5,12H,1-2H3. The van der Waals surface area contributed by atoms with Crippen LogP contribution in [0.25, 0.3) is 0 Å². The van der Waals surface area contributed by atoms with Gasteiger partial charge in [-0.1, -0.05) is 0 Å². The first kappa shape index (κ1) is 10.5. The first-order valence-electron chi connectivity index (χ1n) is 3.87. The molecule has 5 heteroatoms. The Balaban J connectivity index is 3.06. The van der Waals surface area contributed by atoms with Crippen molar-refractivity contribution in [2.75, 3.05) is 14.2 Å². The second-order valence-electron chi connectivity index (χ2n) is 2.65. The summed E-state index contributed by atoms with van der Waals surface area (Å²) in [6.45, 7) is 0. The van der Waals surface area contributed by atoms with Crippen molar-refractivity contribution in [2.45, 2.75) is 0 Å². The van der Waals surface area contributed by atoms with Crippen molar-refractivity contribution in [1.29, 1.82) is 0 Å². The van der Waals surface area contributed by atoms with E-state index in [9.17, 15) is 14.3 Å². The number of amides is 1. The Hall–Kier alpha value is -1.62. The molecular weight excluding hydrogens is 189 g/mol. The van der Waals surface area contributed by atoms with E-state index in [0.29, 0.717) is 0 Å². The molecule has 0 saturated heterocycles. The number of nitrogens with zero attached hydrogens (tertiary/aromatic N) is 1. The van der Waals surface area contributed by atoms with Crippen LogP contribution in [-0.4, -0.2) is 30.2 Å². The summed E-state index contributed by atoms with van der Waals surface area (Å²) in [5.74, 6) is -1.47. The zero-order chi connectivity index (χ0) is 10.7. The van der Waals surface area contributed by atoms with Crippen LogP contribution in [0, 0.1) is 5.82 Å². The van der Waals surface area contributed by atoms with Crippen molar-refractivity contribution >= 4 is 5.91 Å². The van der Waals surface area contributed by atoms with E-state index in [-0.39, 0.29) is 11.3 Å². The van der Waals surface area contributed by atoms with E-state index in [1.807, 2.05) is 0 Å². The fourth-order valence-electron chi connectivity index (χ4n) is 0.932. The van der Waals surface area contributed by atoms with Gasteiger partial charge in [0.05, 0.1) is 12.7 Å². The molecular formula is C9H10FNO3. The van der Waals surface area contributed by atoms with E-state index in [0.717, 1.165) is 23.3 Å². The molecule has 76 valence electrons. The molecule has 0 saturated carbocycles. The molecule has 0 aliphatic heterocycles. The summed E-state index contributed by atoms with van der Waals surface area (Å²) in [4.78, 5) is 16.0. The number of hydrogen-bond acceptors (Lipinski definition) is 3. The van der Waals surface area contributed by atoms with Gasteiger partial charge in [0.2, 0.25) is 0 Å². The fraction of sp³-hybridized carbons (Fsp3) is 0.222.